The number of hydrogen-bond acceptors (Lipinski definition) is 4. The second-order valence-electron chi connectivity index (χ2n) is 3.46. The molecular weight excluding hydrogens is 255 g/mol. The Morgan fingerprint density at radius 2 is 2.06 bits per heavy atom. The van der Waals surface area contributed by atoms with Crippen molar-refractivity contribution in [1.82, 2.24) is 9.97 Å². The number of ether oxygens (including phenoxy) is 2. The molecule has 0 aliphatic rings. The number of H-pyrrole nitrogens is 1. The molecule has 1 aromatic carbocycles. The number of halogens is 1. The number of nitrogens with one attached hydrogen (secondary N) is 1. The number of rotatable bonds is 3. The van der Waals surface area contributed by atoms with Gasteiger partial charge in [-0.1, -0.05) is 12.2 Å². The molecule has 1 N–H and O–H groups in total. The molecule has 0 saturated heterocycles. The van der Waals surface area contributed by atoms with Gasteiger partial charge in [-0.2, -0.15) is 0 Å². The highest BCUT2D eigenvalue weighted by atomic mass is 32.1. The molecule has 0 unspecified atom stereocenters. The largest absolute Gasteiger partial charge is 0.497 e. The molecule has 94 valence electrons. The van der Waals surface area contributed by atoms with Crippen molar-refractivity contribution in [2.75, 3.05) is 14.2 Å². The lowest BCUT2D eigenvalue weighted by Gasteiger charge is -2.10. The number of aromatic nitrogens is 2. The third-order valence-corrected chi connectivity index (χ3v) is 2.76. The zero-order valence-electron chi connectivity index (χ0n) is 9.86. The summed E-state index contributed by atoms with van der Waals surface area (Å²) in [5, 5.41) is 0. The first-order valence-electron chi connectivity index (χ1n) is 5.13. The average molecular weight is 266 g/mol. The Morgan fingerprint density at radius 3 is 2.72 bits per heavy atom. The van der Waals surface area contributed by atoms with Gasteiger partial charge in [-0.05, 0) is 12.1 Å². The summed E-state index contributed by atoms with van der Waals surface area (Å²) in [6.07, 6.45) is 1.35. The van der Waals surface area contributed by atoms with Crippen molar-refractivity contribution in [3.63, 3.8) is 0 Å². The number of methoxy groups -OCH3 is 2. The van der Waals surface area contributed by atoms with E-state index in [4.69, 9.17) is 21.7 Å². The summed E-state index contributed by atoms with van der Waals surface area (Å²) in [5.74, 6) is 0.546. The summed E-state index contributed by atoms with van der Waals surface area (Å²) in [4.78, 5) is 6.41. The van der Waals surface area contributed by atoms with Crippen molar-refractivity contribution in [3.8, 4) is 22.8 Å². The molecule has 2 aromatic rings. The van der Waals surface area contributed by atoms with Crippen molar-refractivity contribution in [3.05, 3.63) is 35.0 Å². The van der Waals surface area contributed by atoms with Gasteiger partial charge < -0.3 is 14.5 Å². The highest BCUT2D eigenvalue weighted by Gasteiger charge is 2.13. The first kappa shape index (κ1) is 12.5. The third kappa shape index (κ3) is 2.19. The summed E-state index contributed by atoms with van der Waals surface area (Å²) < 4.78 is 24.1. The molecule has 0 aliphatic heterocycles. The molecule has 0 amide bonds. The molecule has 4 nitrogen and oxygen atoms in total. The van der Waals surface area contributed by atoms with Crippen molar-refractivity contribution in [1.29, 1.82) is 0 Å². The molecule has 0 bridgehead atoms. The second kappa shape index (κ2) is 5.14. The van der Waals surface area contributed by atoms with Gasteiger partial charge in [0.25, 0.3) is 0 Å². The van der Waals surface area contributed by atoms with E-state index in [2.05, 4.69) is 9.97 Å². The van der Waals surface area contributed by atoms with Gasteiger partial charge in [0, 0.05) is 11.6 Å². The van der Waals surface area contributed by atoms with Gasteiger partial charge in [0.15, 0.2) is 10.5 Å². The summed E-state index contributed by atoms with van der Waals surface area (Å²) in [5.41, 5.74) is 0.804. The van der Waals surface area contributed by atoms with E-state index in [0.29, 0.717) is 17.1 Å². The van der Waals surface area contributed by atoms with Crippen LogP contribution in [0.1, 0.15) is 0 Å². The molecule has 0 spiro atoms. The van der Waals surface area contributed by atoms with Crippen LogP contribution in [0.4, 0.5) is 4.39 Å². The topological polar surface area (TPSA) is 47.1 Å². The zero-order valence-corrected chi connectivity index (χ0v) is 10.7. The first-order valence-corrected chi connectivity index (χ1v) is 5.53. The summed E-state index contributed by atoms with van der Waals surface area (Å²) in [6, 6.07) is 5.09. The summed E-state index contributed by atoms with van der Waals surface area (Å²) in [7, 11) is 3.06. The van der Waals surface area contributed by atoms with Gasteiger partial charge in [0.1, 0.15) is 11.5 Å². The number of nitrogens with zero attached hydrogens (tertiary/aromatic N) is 1. The quantitative estimate of drug-likeness (QED) is 0.868. The number of benzene rings is 1. The minimum Gasteiger partial charge on any atom is -0.497 e. The smallest absolute Gasteiger partial charge is 0.184 e. The Labute approximate surface area is 108 Å². The molecule has 6 heteroatoms. The van der Waals surface area contributed by atoms with E-state index in [1.165, 1.54) is 13.4 Å². The minimum atomic E-state index is -0.573. The van der Waals surface area contributed by atoms with E-state index in [1.54, 1.807) is 25.3 Å². The van der Waals surface area contributed by atoms with Gasteiger partial charge in [0.2, 0.25) is 0 Å². The lowest BCUT2D eigenvalue weighted by molar-refractivity contribution is 0.395. The maximum Gasteiger partial charge on any atom is 0.184 e. The fraction of sp³-hybridized carbons (Fsp3) is 0.167. The molecular formula is C12H11FN2O2S. The van der Waals surface area contributed by atoms with Gasteiger partial charge in [-0.3, -0.25) is 0 Å². The van der Waals surface area contributed by atoms with E-state index in [0.717, 1.165) is 0 Å². The van der Waals surface area contributed by atoms with Crippen LogP contribution < -0.4 is 9.47 Å². The SMILES string of the molecule is COc1ccc(-c2[nH]cnc(=S)c2F)c(OC)c1. The van der Waals surface area contributed by atoms with Gasteiger partial charge >= 0.3 is 0 Å². The molecule has 1 heterocycles. The monoisotopic (exact) mass is 266 g/mol. The lowest BCUT2D eigenvalue weighted by Crippen LogP contribution is -1.96. The van der Waals surface area contributed by atoms with Crippen LogP contribution in [0.25, 0.3) is 11.3 Å². The van der Waals surface area contributed by atoms with E-state index < -0.39 is 5.82 Å². The van der Waals surface area contributed by atoms with Crippen LogP contribution in [-0.2, 0) is 0 Å². The van der Waals surface area contributed by atoms with Crippen molar-refractivity contribution >= 4 is 12.2 Å². The average Bonchev–Trinajstić information content (AvgIpc) is 2.41. The van der Waals surface area contributed by atoms with Crippen molar-refractivity contribution in [2.45, 2.75) is 0 Å². The fourth-order valence-corrected chi connectivity index (χ4v) is 1.74. The Kier molecular flexibility index (Phi) is 3.57. The molecule has 0 atom stereocenters. The lowest BCUT2D eigenvalue weighted by atomic mass is 10.1. The zero-order chi connectivity index (χ0) is 13.1. The van der Waals surface area contributed by atoms with Crippen LogP contribution in [0.5, 0.6) is 11.5 Å². The number of hydrogen-bond donors (Lipinski definition) is 1. The Bertz CT molecular complexity index is 628. The highest BCUT2D eigenvalue weighted by Crippen LogP contribution is 2.33. The second-order valence-corrected chi connectivity index (χ2v) is 3.85. The van der Waals surface area contributed by atoms with Crippen LogP contribution in [-0.4, -0.2) is 24.2 Å². The Balaban J connectivity index is 2.63. The highest BCUT2D eigenvalue weighted by molar-refractivity contribution is 7.71. The molecule has 0 saturated carbocycles. The van der Waals surface area contributed by atoms with E-state index >= 15 is 0 Å². The van der Waals surface area contributed by atoms with E-state index in [1.807, 2.05) is 0 Å². The molecule has 1 aromatic heterocycles. The molecule has 18 heavy (non-hydrogen) atoms. The third-order valence-electron chi connectivity index (χ3n) is 2.48. The summed E-state index contributed by atoms with van der Waals surface area (Å²) in [6.45, 7) is 0. The maximum atomic E-state index is 13.9. The standard InChI is InChI=1S/C12H11FN2O2S/c1-16-7-3-4-8(9(5-7)17-2)11-10(13)12(18)15-6-14-11/h3-6H,1-2H3,(H,14,15,18). The van der Waals surface area contributed by atoms with Crippen molar-refractivity contribution < 1.29 is 13.9 Å². The van der Waals surface area contributed by atoms with Crippen LogP contribution in [0.2, 0.25) is 0 Å². The van der Waals surface area contributed by atoms with Crippen molar-refractivity contribution in [2.24, 2.45) is 0 Å². The fourth-order valence-electron chi connectivity index (χ4n) is 1.58. The number of aromatic amines is 1. The molecule has 0 fully saturated rings. The predicted molar refractivity (Wildman–Crippen MR) is 67.9 cm³/mol. The Morgan fingerprint density at radius 1 is 1.28 bits per heavy atom. The molecule has 2 rings (SSSR count). The molecule has 0 aliphatic carbocycles. The van der Waals surface area contributed by atoms with Gasteiger partial charge in [-0.25, -0.2) is 9.37 Å². The van der Waals surface area contributed by atoms with Crippen LogP contribution in [0.3, 0.4) is 0 Å². The normalized spacial score (nSPS) is 10.2. The van der Waals surface area contributed by atoms with E-state index in [9.17, 15) is 4.39 Å². The van der Waals surface area contributed by atoms with Crippen LogP contribution in [0.15, 0.2) is 24.5 Å². The van der Waals surface area contributed by atoms with Crippen LogP contribution >= 0.6 is 12.2 Å². The first-order chi connectivity index (χ1) is 8.67. The predicted octanol–water partition coefficient (Wildman–Crippen LogP) is 2.96. The van der Waals surface area contributed by atoms with Gasteiger partial charge in [-0.15, -0.1) is 0 Å². The minimum absolute atomic E-state index is 0.0818. The van der Waals surface area contributed by atoms with Gasteiger partial charge in [0.05, 0.1) is 26.2 Å². The molecule has 0 radical (unpaired) electrons. The summed E-state index contributed by atoms with van der Waals surface area (Å²) >= 11 is 4.80. The van der Waals surface area contributed by atoms with Crippen LogP contribution in [0, 0.1) is 10.5 Å². The van der Waals surface area contributed by atoms with E-state index in [-0.39, 0.29) is 10.3 Å². The maximum absolute atomic E-state index is 13.9. The Hall–Kier alpha value is -1.95.